The summed E-state index contributed by atoms with van der Waals surface area (Å²) in [5.74, 6) is 0. The van der Waals surface area contributed by atoms with Gasteiger partial charge in [0, 0.05) is 32.7 Å². The van der Waals surface area contributed by atoms with E-state index in [1.165, 1.54) is 11.1 Å². The Hall–Kier alpha value is -3.84. The van der Waals surface area contributed by atoms with Crippen molar-refractivity contribution in [2.24, 2.45) is 0 Å². The highest BCUT2D eigenvalue weighted by atomic mass is 16.6. The zero-order chi connectivity index (χ0) is 24.0. The lowest BCUT2D eigenvalue weighted by atomic mass is 10.1. The van der Waals surface area contributed by atoms with Gasteiger partial charge in [-0.15, -0.1) is 0 Å². The van der Waals surface area contributed by atoms with E-state index in [9.17, 15) is 9.59 Å². The first-order chi connectivity index (χ1) is 17.2. The fourth-order valence-corrected chi connectivity index (χ4v) is 4.81. The number of aromatic nitrogens is 2. The van der Waals surface area contributed by atoms with Crippen molar-refractivity contribution in [1.82, 2.24) is 19.4 Å². The van der Waals surface area contributed by atoms with Crippen LogP contribution in [0, 0.1) is 0 Å². The van der Waals surface area contributed by atoms with Gasteiger partial charge in [-0.25, -0.2) is 9.59 Å². The molecule has 2 heterocycles. The normalized spacial score (nSPS) is 15.7. The Balaban J connectivity index is 1.18. The van der Waals surface area contributed by atoms with Crippen LogP contribution < -0.4 is 5.69 Å². The Morgan fingerprint density at radius 2 is 1.54 bits per heavy atom. The van der Waals surface area contributed by atoms with Gasteiger partial charge in [-0.2, -0.15) is 0 Å². The monoisotopic (exact) mass is 470 g/mol. The summed E-state index contributed by atoms with van der Waals surface area (Å²) in [6, 6.07) is 28.2. The number of rotatable bonds is 8. The van der Waals surface area contributed by atoms with Gasteiger partial charge in [0.15, 0.2) is 0 Å². The molecule has 0 bridgehead atoms. The van der Waals surface area contributed by atoms with E-state index in [0.717, 1.165) is 30.5 Å². The maximum absolute atomic E-state index is 12.8. The molecule has 1 fully saturated rings. The fraction of sp³-hybridized carbons (Fsp3) is 0.286. The SMILES string of the molecule is O=C(OCCN(Cc1ccccc1)Cc1ccccc1)N1CCC(n2c(=O)[nH]c3ccccc32)C1. The maximum Gasteiger partial charge on any atom is 0.409 e. The van der Waals surface area contributed by atoms with Gasteiger partial charge < -0.3 is 14.6 Å². The van der Waals surface area contributed by atoms with E-state index in [0.29, 0.717) is 26.2 Å². The number of carbonyl (C=O) groups is 1. The molecular weight excluding hydrogens is 440 g/mol. The molecule has 1 aliphatic heterocycles. The highest BCUT2D eigenvalue weighted by molar-refractivity contribution is 5.75. The molecule has 0 aliphatic carbocycles. The second kappa shape index (κ2) is 10.6. The number of carbonyl (C=O) groups excluding carboxylic acids is 1. The number of H-pyrrole nitrogens is 1. The predicted octanol–water partition coefficient (Wildman–Crippen LogP) is 4.42. The van der Waals surface area contributed by atoms with Crippen LogP contribution in [0.1, 0.15) is 23.6 Å². The quantitative estimate of drug-likeness (QED) is 0.414. The van der Waals surface area contributed by atoms with Crippen LogP contribution >= 0.6 is 0 Å². The molecule has 1 aliphatic rings. The van der Waals surface area contributed by atoms with E-state index < -0.39 is 0 Å². The van der Waals surface area contributed by atoms with Crippen LogP contribution in [-0.2, 0) is 17.8 Å². The molecule has 7 heteroatoms. The molecule has 0 radical (unpaired) electrons. The molecule has 1 aromatic heterocycles. The van der Waals surface area contributed by atoms with Gasteiger partial charge in [-0.1, -0.05) is 72.8 Å². The molecule has 1 N–H and O–H groups in total. The fourth-order valence-electron chi connectivity index (χ4n) is 4.81. The molecule has 4 aromatic rings. The zero-order valence-electron chi connectivity index (χ0n) is 19.7. The van der Waals surface area contributed by atoms with Crippen molar-refractivity contribution in [3.05, 3.63) is 107 Å². The third-order valence-corrected chi connectivity index (χ3v) is 6.54. The maximum atomic E-state index is 12.8. The topological polar surface area (TPSA) is 70.6 Å². The molecule has 1 atom stereocenters. The van der Waals surface area contributed by atoms with Crippen molar-refractivity contribution in [2.45, 2.75) is 25.6 Å². The van der Waals surface area contributed by atoms with Gasteiger partial charge in [-0.3, -0.25) is 9.47 Å². The van der Waals surface area contributed by atoms with Crippen LogP contribution in [0.2, 0.25) is 0 Å². The summed E-state index contributed by atoms with van der Waals surface area (Å²) in [6.07, 6.45) is 0.408. The van der Waals surface area contributed by atoms with E-state index in [1.807, 2.05) is 60.7 Å². The summed E-state index contributed by atoms with van der Waals surface area (Å²) >= 11 is 0. The first-order valence-corrected chi connectivity index (χ1v) is 12.1. The second-order valence-corrected chi connectivity index (χ2v) is 9.00. The number of ether oxygens (including phenoxy) is 1. The number of fused-ring (bicyclic) bond motifs is 1. The lowest BCUT2D eigenvalue weighted by Gasteiger charge is -2.23. The predicted molar refractivity (Wildman–Crippen MR) is 136 cm³/mol. The van der Waals surface area contributed by atoms with Crippen LogP contribution in [0.5, 0.6) is 0 Å². The summed E-state index contributed by atoms with van der Waals surface area (Å²) in [4.78, 5) is 32.2. The zero-order valence-corrected chi connectivity index (χ0v) is 19.7. The molecule has 1 saturated heterocycles. The Labute approximate surface area is 204 Å². The summed E-state index contributed by atoms with van der Waals surface area (Å²) in [7, 11) is 0. The Morgan fingerprint density at radius 3 is 2.23 bits per heavy atom. The van der Waals surface area contributed by atoms with Gasteiger partial charge in [0.05, 0.1) is 17.1 Å². The van der Waals surface area contributed by atoms with Crippen LogP contribution in [0.25, 0.3) is 11.0 Å². The number of para-hydroxylation sites is 2. The molecule has 0 saturated carbocycles. The number of benzene rings is 3. The number of nitrogens with one attached hydrogen (secondary N) is 1. The average Bonchev–Trinajstić information content (AvgIpc) is 3.49. The van der Waals surface area contributed by atoms with Crippen LogP contribution in [0.4, 0.5) is 4.79 Å². The smallest absolute Gasteiger partial charge is 0.409 e. The molecule has 5 rings (SSSR count). The summed E-state index contributed by atoms with van der Waals surface area (Å²) in [5, 5.41) is 0. The number of hydrogen-bond donors (Lipinski definition) is 1. The third-order valence-electron chi connectivity index (χ3n) is 6.54. The number of imidazole rings is 1. The largest absolute Gasteiger partial charge is 0.448 e. The minimum atomic E-state index is -0.320. The van der Waals surface area contributed by atoms with E-state index in [-0.39, 0.29) is 17.8 Å². The molecule has 3 aromatic carbocycles. The second-order valence-electron chi connectivity index (χ2n) is 9.00. The lowest BCUT2D eigenvalue weighted by molar-refractivity contribution is 0.0935. The van der Waals surface area contributed by atoms with Crippen molar-refractivity contribution < 1.29 is 9.53 Å². The van der Waals surface area contributed by atoms with E-state index in [1.54, 1.807) is 9.47 Å². The van der Waals surface area contributed by atoms with Crippen LogP contribution in [0.3, 0.4) is 0 Å². The Kier molecular flexibility index (Phi) is 6.95. The molecule has 180 valence electrons. The summed E-state index contributed by atoms with van der Waals surface area (Å²) < 4.78 is 7.43. The molecule has 0 spiro atoms. The summed E-state index contributed by atoms with van der Waals surface area (Å²) in [6.45, 7) is 3.55. The van der Waals surface area contributed by atoms with Gasteiger partial charge in [0.1, 0.15) is 6.61 Å². The van der Waals surface area contributed by atoms with Crippen molar-refractivity contribution >= 4 is 17.1 Å². The number of nitrogens with zero attached hydrogens (tertiary/aromatic N) is 3. The van der Waals surface area contributed by atoms with E-state index in [2.05, 4.69) is 34.1 Å². The van der Waals surface area contributed by atoms with Crippen molar-refractivity contribution in [3.63, 3.8) is 0 Å². The van der Waals surface area contributed by atoms with E-state index in [4.69, 9.17) is 4.74 Å². The lowest BCUT2D eigenvalue weighted by Crippen LogP contribution is -2.34. The number of likely N-dealkylation sites (tertiary alicyclic amines) is 1. The van der Waals surface area contributed by atoms with Crippen LogP contribution in [-0.4, -0.2) is 51.7 Å². The summed E-state index contributed by atoms with van der Waals surface area (Å²) in [5.41, 5.74) is 4.00. The minimum absolute atomic E-state index is 0.0566. The van der Waals surface area contributed by atoms with Gasteiger partial charge in [0.2, 0.25) is 0 Å². The van der Waals surface area contributed by atoms with Crippen molar-refractivity contribution in [1.29, 1.82) is 0 Å². The highest BCUT2D eigenvalue weighted by Crippen LogP contribution is 2.24. The van der Waals surface area contributed by atoms with Crippen molar-refractivity contribution in [2.75, 3.05) is 26.2 Å². The van der Waals surface area contributed by atoms with E-state index >= 15 is 0 Å². The number of aromatic amines is 1. The molecule has 7 nitrogen and oxygen atoms in total. The first-order valence-electron chi connectivity index (χ1n) is 12.1. The third kappa shape index (κ3) is 5.46. The standard InChI is InChI=1S/C28H30N4O3/c33-27-29-25-13-7-8-14-26(25)32(27)24-15-16-31(21-24)28(34)35-18-17-30(19-22-9-3-1-4-10-22)20-23-11-5-2-6-12-23/h1-14,24H,15-21H2,(H,29,33). The van der Waals surface area contributed by atoms with Gasteiger partial charge >= 0.3 is 11.8 Å². The van der Waals surface area contributed by atoms with Crippen molar-refractivity contribution in [3.8, 4) is 0 Å². The molecule has 1 amide bonds. The Bertz CT molecular complexity index is 1270. The minimum Gasteiger partial charge on any atom is -0.448 e. The number of hydrogen-bond acceptors (Lipinski definition) is 4. The van der Waals surface area contributed by atoms with Gasteiger partial charge in [-0.05, 0) is 29.7 Å². The highest BCUT2D eigenvalue weighted by Gasteiger charge is 2.30. The molecule has 35 heavy (non-hydrogen) atoms. The average molecular weight is 471 g/mol. The molecule has 1 unspecified atom stereocenters. The Morgan fingerprint density at radius 1 is 0.914 bits per heavy atom. The van der Waals surface area contributed by atoms with Gasteiger partial charge in [0.25, 0.3) is 0 Å². The van der Waals surface area contributed by atoms with Crippen LogP contribution in [0.15, 0.2) is 89.7 Å². The number of amides is 1. The first kappa shape index (κ1) is 22.9. The molecular formula is C28H30N4O3.